The van der Waals surface area contributed by atoms with Crippen molar-refractivity contribution in [1.82, 2.24) is 15.0 Å². The molecule has 6 nitrogen and oxygen atoms in total. The number of benzene rings is 1. The largest absolute Gasteiger partial charge is 0.497 e. The van der Waals surface area contributed by atoms with Gasteiger partial charge < -0.3 is 4.74 Å². The van der Waals surface area contributed by atoms with Crippen molar-refractivity contribution in [1.29, 1.82) is 0 Å². The molecular formula is C11H12BrN3O3S. The second-order valence-electron chi connectivity index (χ2n) is 4.04. The Morgan fingerprint density at radius 2 is 2.16 bits per heavy atom. The lowest BCUT2D eigenvalue weighted by atomic mass is 10.3. The third-order valence-electron chi connectivity index (χ3n) is 2.35. The molecule has 0 fully saturated rings. The maximum absolute atomic E-state index is 11.2. The van der Waals surface area contributed by atoms with Crippen LogP contribution in [0.2, 0.25) is 0 Å². The van der Waals surface area contributed by atoms with Crippen molar-refractivity contribution in [3.8, 4) is 11.4 Å². The van der Waals surface area contributed by atoms with Crippen LogP contribution in [-0.4, -0.2) is 36.8 Å². The molecule has 0 saturated heterocycles. The topological polar surface area (TPSA) is 74.1 Å². The van der Waals surface area contributed by atoms with Gasteiger partial charge in [0.15, 0.2) is 9.84 Å². The Morgan fingerprint density at radius 3 is 2.79 bits per heavy atom. The number of sulfone groups is 1. The summed E-state index contributed by atoms with van der Waals surface area (Å²) in [6, 6.07) is 5.41. The number of nitrogens with zero attached hydrogens (tertiary/aromatic N) is 3. The van der Waals surface area contributed by atoms with Gasteiger partial charge in [-0.25, -0.2) is 13.1 Å². The fraction of sp³-hybridized carbons (Fsp3) is 0.273. The molecule has 1 heterocycles. The van der Waals surface area contributed by atoms with Crippen LogP contribution in [0, 0.1) is 0 Å². The minimum absolute atomic E-state index is 0.130. The molecule has 19 heavy (non-hydrogen) atoms. The van der Waals surface area contributed by atoms with Gasteiger partial charge in [-0.15, -0.1) is 5.10 Å². The summed E-state index contributed by atoms with van der Waals surface area (Å²) in [6.45, 7) is 0. The van der Waals surface area contributed by atoms with E-state index in [1.807, 2.05) is 12.1 Å². The first-order valence-electron chi connectivity index (χ1n) is 5.32. The zero-order valence-electron chi connectivity index (χ0n) is 10.4. The molecule has 2 rings (SSSR count). The highest BCUT2D eigenvalue weighted by Gasteiger charge is 2.11. The molecule has 0 saturated carbocycles. The van der Waals surface area contributed by atoms with Crippen molar-refractivity contribution in [2.24, 2.45) is 0 Å². The fourth-order valence-electron chi connectivity index (χ4n) is 1.55. The number of hydrogen-bond acceptors (Lipinski definition) is 5. The molecule has 2 aromatic rings. The monoisotopic (exact) mass is 345 g/mol. The van der Waals surface area contributed by atoms with Gasteiger partial charge in [0.25, 0.3) is 0 Å². The number of rotatable bonds is 4. The molecule has 1 aromatic carbocycles. The zero-order valence-corrected chi connectivity index (χ0v) is 12.8. The van der Waals surface area contributed by atoms with E-state index in [1.165, 1.54) is 4.68 Å². The summed E-state index contributed by atoms with van der Waals surface area (Å²) in [7, 11) is -1.55. The molecule has 0 spiro atoms. The Balaban J connectivity index is 2.37. The molecule has 0 aliphatic heterocycles. The van der Waals surface area contributed by atoms with Gasteiger partial charge in [-0.2, -0.15) is 0 Å². The third kappa shape index (κ3) is 3.54. The molecule has 0 aliphatic carbocycles. The van der Waals surface area contributed by atoms with Crippen molar-refractivity contribution < 1.29 is 13.2 Å². The van der Waals surface area contributed by atoms with Crippen LogP contribution in [0.1, 0.15) is 5.69 Å². The maximum Gasteiger partial charge on any atom is 0.153 e. The van der Waals surface area contributed by atoms with E-state index in [9.17, 15) is 8.42 Å². The zero-order chi connectivity index (χ0) is 14.0. The summed E-state index contributed by atoms with van der Waals surface area (Å²) in [6.07, 6.45) is 2.74. The average molecular weight is 346 g/mol. The van der Waals surface area contributed by atoms with Crippen LogP contribution in [0.4, 0.5) is 0 Å². The van der Waals surface area contributed by atoms with Crippen LogP contribution in [0.25, 0.3) is 5.69 Å². The molecule has 0 aliphatic rings. The second-order valence-corrected chi connectivity index (χ2v) is 7.04. The summed E-state index contributed by atoms with van der Waals surface area (Å²) >= 11 is 3.40. The molecule has 0 atom stereocenters. The minimum Gasteiger partial charge on any atom is -0.497 e. The predicted molar refractivity (Wildman–Crippen MR) is 74.2 cm³/mol. The van der Waals surface area contributed by atoms with Crippen LogP contribution in [0.5, 0.6) is 5.75 Å². The second kappa shape index (κ2) is 5.30. The van der Waals surface area contributed by atoms with Gasteiger partial charge in [0, 0.05) is 16.8 Å². The van der Waals surface area contributed by atoms with Gasteiger partial charge in [-0.3, -0.25) is 0 Å². The quantitative estimate of drug-likeness (QED) is 0.840. The highest BCUT2D eigenvalue weighted by atomic mass is 79.9. The van der Waals surface area contributed by atoms with E-state index >= 15 is 0 Å². The lowest BCUT2D eigenvalue weighted by molar-refractivity contribution is 0.414. The van der Waals surface area contributed by atoms with E-state index in [-0.39, 0.29) is 5.75 Å². The Hall–Kier alpha value is -1.41. The van der Waals surface area contributed by atoms with Gasteiger partial charge in [-0.05, 0) is 28.1 Å². The van der Waals surface area contributed by atoms with E-state index in [4.69, 9.17) is 4.74 Å². The highest BCUT2D eigenvalue weighted by molar-refractivity contribution is 9.10. The lowest BCUT2D eigenvalue weighted by Crippen LogP contribution is -2.00. The van der Waals surface area contributed by atoms with Gasteiger partial charge >= 0.3 is 0 Å². The van der Waals surface area contributed by atoms with Gasteiger partial charge in [-0.1, -0.05) is 5.21 Å². The molecule has 102 valence electrons. The Kier molecular flexibility index (Phi) is 3.91. The fourth-order valence-corrected chi connectivity index (χ4v) is 2.64. The van der Waals surface area contributed by atoms with Crippen LogP contribution in [-0.2, 0) is 15.6 Å². The molecular weight excluding hydrogens is 334 g/mol. The van der Waals surface area contributed by atoms with E-state index < -0.39 is 9.84 Å². The van der Waals surface area contributed by atoms with Crippen molar-refractivity contribution in [3.63, 3.8) is 0 Å². The van der Waals surface area contributed by atoms with E-state index in [2.05, 4.69) is 26.2 Å². The lowest BCUT2D eigenvalue weighted by Gasteiger charge is -2.06. The van der Waals surface area contributed by atoms with Crippen LogP contribution >= 0.6 is 15.9 Å². The van der Waals surface area contributed by atoms with Gasteiger partial charge in [0.2, 0.25) is 0 Å². The summed E-state index contributed by atoms with van der Waals surface area (Å²) in [5, 5.41) is 7.77. The number of ether oxygens (including phenoxy) is 1. The predicted octanol–water partition coefficient (Wildman–Crippen LogP) is 1.58. The Morgan fingerprint density at radius 1 is 1.42 bits per heavy atom. The van der Waals surface area contributed by atoms with Crippen LogP contribution in [0.15, 0.2) is 28.9 Å². The number of halogens is 1. The summed E-state index contributed by atoms with van der Waals surface area (Å²) in [5.74, 6) is 0.549. The Labute approximate surface area is 119 Å². The average Bonchev–Trinajstić information content (AvgIpc) is 2.75. The Bertz CT molecular complexity index is 697. The molecule has 0 unspecified atom stereocenters. The summed E-state index contributed by atoms with van der Waals surface area (Å²) in [4.78, 5) is 0. The first-order valence-corrected chi connectivity index (χ1v) is 8.17. The van der Waals surface area contributed by atoms with Crippen molar-refractivity contribution in [2.75, 3.05) is 13.4 Å². The number of hydrogen-bond donors (Lipinski definition) is 0. The van der Waals surface area contributed by atoms with Crippen molar-refractivity contribution >= 4 is 25.8 Å². The van der Waals surface area contributed by atoms with Crippen molar-refractivity contribution in [2.45, 2.75) is 5.75 Å². The highest BCUT2D eigenvalue weighted by Crippen LogP contribution is 2.25. The summed E-state index contributed by atoms with van der Waals surface area (Å²) < 4.78 is 29.9. The van der Waals surface area contributed by atoms with E-state index in [1.54, 1.807) is 19.4 Å². The molecule has 0 bridgehead atoms. The standard InChI is InChI=1S/C11H12BrN3O3S/c1-18-9-3-4-10(12)11(5-9)15-6-8(13-14-15)7-19(2,16)17/h3-6H,7H2,1-2H3. The van der Waals surface area contributed by atoms with Gasteiger partial charge in [0.1, 0.15) is 5.75 Å². The smallest absolute Gasteiger partial charge is 0.153 e. The van der Waals surface area contributed by atoms with E-state index in [0.717, 1.165) is 16.4 Å². The molecule has 0 radical (unpaired) electrons. The maximum atomic E-state index is 11.2. The van der Waals surface area contributed by atoms with Gasteiger partial charge in [0.05, 0.1) is 30.4 Å². The van der Waals surface area contributed by atoms with Crippen molar-refractivity contribution in [3.05, 3.63) is 34.6 Å². The molecule has 1 aromatic heterocycles. The first-order chi connectivity index (χ1) is 8.89. The normalized spacial score (nSPS) is 11.5. The van der Waals surface area contributed by atoms with E-state index in [0.29, 0.717) is 11.4 Å². The minimum atomic E-state index is -3.12. The third-order valence-corrected chi connectivity index (χ3v) is 3.84. The van der Waals surface area contributed by atoms with Crippen LogP contribution in [0.3, 0.4) is 0 Å². The van der Waals surface area contributed by atoms with Crippen LogP contribution < -0.4 is 4.74 Å². The molecule has 0 amide bonds. The number of aromatic nitrogens is 3. The SMILES string of the molecule is COc1ccc(Br)c(-n2cc(CS(C)(=O)=O)nn2)c1. The molecule has 0 N–H and O–H groups in total. The first kappa shape index (κ1) is 14.0. The molecule has 8 heteroatoms. The number of methoxy groups -OCH3 is 1. The summed E-state index contributed by atoms with van der Waals surface area (Å²) in [5.41, 5.74) is 1.13.